The van der Waals surface area contributed by atoms with Gasteiger partial charge >= 0.3 is 6.09 Å². The van der Waals surface area contributed by atoms with Crippen molar-refractivity contribution in [2.24, 2.45) is 0 Å². The van der Waals surface area contributed by atoms with Gasteiger partial charge in [-0.05, 0) is 73.1 Å². The highest BCUT2D eigenvalue weighted by Crippen LogP contribution is 2.36. The minimum absolute atomic E-state index is 0.0622. The van der Waals surface area contributed by atoms with Gasteiger partial charge in [-0.25, -0.2) is 4.79 Å². The normalized spacial score (nSPS) is 12.3. The lowest BCUT2D eigenvalue weighted by Gasteiger charge is -2.37. The van der Waals surface area contributed by atoms with Crippen molar-refractivity contribution in [3.63, 3.8) is 0 Å². The summed E-state index contributed by atoms with van der Waals surface area (Å²) >= 11 is 2.09. The van der Waals surface area contributed by atoms with Crippen LogP contribution in [0.2, 0.25) is 18.1 Å². The van der Waals surface area contributed by atoms with Crippen LogP contribution in [-0.2, 0) is 9.16 Å². The summed E-state index contributed by atoms with van der Waals surface area (Å²) in [6, 6.07) is 5.55. The molecule has 0 aliphatic rings. The first-order valence-electron chi connectivity index (χ1n) is 9.79. The predicted molar refractivity (Wildman–Crippen MR) is 135 cm³/mol. The Balaban J connectivity index is 3.24. The number of amides is 1. The number of anilines is 1. The van der Waals surface area contributed by atoms with Gasteiger partial charge in [0, 0.05) is 3.57 Å². The number of nitriles is 1. The molecule has 8 heteroatoms. The maximum absolute atomic E-state index is 13.0. The van der Waals surface area contributed by atoms with Crippen molar-refractivity contribution < 1.29 is 14.0 Å². The lowest BCUT2D eigenvalue weighted by atomic mass is 9.91. The van der Waals surface area contributed by atoms with Crippen LogP contribution in [0.4, 0.5) is 10.5 Å². The number of benzene rings is 1. The molecule has 0 spiro atoms. The Kier molecular flexibility index (Phi) is 8.80. The molecule has 0 atom stereocenters. The van der Waals surface area contributed by atoms with Crippen molar-refractivity contribution in [3.8, 4) is 6.07 Å². The fraction of sp³-hybridized carbons (Fsp3) is 0.545. The third-order valence-electron chi connectivity index (χ3n) is 4.93. The van der Waals surface area contributed by atoms with Gasteiger partial charge in [0.05, 0.1) is 24.4 Å². The van der Waals surface area contributed by atoms with E-state index in [1.807, 2.05) is 0 Å². The molecule has 0 saturated heterocycles. The molecule has 162 valence electrons. The van der Waals surface area contributed by atoms with Crippen LogP contribution in [0.1, 0.15) is 47.1 Å². The van der Waals surface area contributed by atoms with Crippen LogP contribution in [0, 0.1) is 14.9 Å². The van der Waals surface area contributed by atoms with Crippen LogP contribution < -0.4 is 10.4 Å². The molecule has 2 radical (unpaired) electrons. The van der Waals surface area contributed by atoms with Crippen LogP contribution in [0.5, 0.6) is 0 Å². The zero-order valence-electron chi connectivity index (χ0n) is 19.4. The smallest absolute Gasteiger partial charge is 0.415 e. The third kappa shape index (κ3) is 7.43. The van der Waals surface area contributed by atoms with E-state index in [1.165, 1.54) is 4.90 Å². The Morgan fingerprint density at radius 1 is 1.27 bits per heavy atom. The average Bonchev–Trinajstić information content (AvgIpc) is 2.55. The van der Waals surface area contributed by atoms with Crippen LogP contribution in [0.3, 0.4) is 0 Å². The minimum Gasteiger partial charge on any atom is -0.443 e. The third-order valence-corrected chi connectivity index (χ3v) is 10.0. The van der Waals surface area contributed by atoms with E-state index < -0.39 is 20.0 Å². The molecule has 0 saturated carbocycles. The first kappa shape index (κ1) is 26.7. The second-order valence-electron chi connectivity index (χ2n) is 9.87. The van der Waals surface area contributed by atoms with Gasteiger partial charge in [-0.15, -0.1) is 0 Å². The monoisotopic (exact) mass is 538 g/mol. The first-order chi connectivity index (χ1) is 13.5. The van der Waals surface area contributed by atoms with Crippen LogP contribution in [0.15, 0.2) is 24.3 Å². The molecule has 0 aliphatic carbocycles. The number of carbonyl (C=O) groups is 1. The Morgan fingerprint density at radius 2 is 1.83 bits per heavy atom. The van der Waals surface area contributed by atoms with Gasteiger partial charge < -0.3 is 9.16 Å². The van der Waals surface area contributed by atoms with Gasteiger partial charge in [0.2, 0.25) is 0 Å². The molecule has 0 N–H and O–H groups in total. The number of hydrogen-bond donors (Lipinski definition) is 0. The van der Waals surface area contributed by atoms with Crippen molar-refractivity contribution in [2.75, 3.05) is 18.1 Å². The molecule has 0 bridgehead atoms. The summed E-state index contributed by atoms with van der Waals surface area (Å²) in [5.41, 5.74) is 0.984. The molecule has 0 fully saturated rings. The molecule has 1 aromatic carbocycles. The molecule has 0 aliphatic heterocycles. The molecule has 1 rings (SSSR count). The summed E-state index contributed by atoms with van der Waals surface area (Å²) in [7, 11) is 4.24. The minimum atomic E-state index is -1.97. The van der Waals surface area contributed by atoms with Crippen LogP contribution in [0.25, 0.3) is 0 Å². The van der Waals surface area contributed by atoms with Crippen LogP contribution in [-0.4, -0.2) is 41.0 Å². The summed E-state index contributed by atoms with van der Waals surface area (Å²) in [5.74, 6) is 0. The standard InChI is InChI=1S/C22H32BIN2O3Si/c1-15(14-28-30(8,9)22(5,6)7)13-26(20(27)29-21(2,3)4)19-16(12-25)10-17(24)11-18(19)23/h10-11H,1,13-14H2,2-9H3. The Bertz CT molecular complexity index is 852. The molecule has 0 unspecified atom stereocenters. The van der Waals surface area contributed by atoms with Crippen molar-refractivity contribution in [1.29, 1.82) is 5.26 Å². The molecule has 0 heterocycles. The van der Waals surface area contributed by atoms with E-state index in [4.69, 9.17) is 17.0 Å². The zero-order chi connectivity index (χ0) is 23.5. The number of hydrogen-bond acceptors (Lipinski definition) is 4. The first-order valence-corrected chi connectivity index (χ1v) is 13.8. The topological polar surface area (TPSA) is 62.6 Å². The van der Waals surface area contributed by atoms with Crippen molar-refractivity contribution in [2.45, 2.75) is 65.3 Å². The van der Waals surface area contributed by atoms with Crippen molar-refractivity contribution in [1.82, 2.24) is 0 Å². The summed E-state index contributed by atoms with van der Waals surface area (Å²) in [5, 5.41) is 9.70. The van der Waals surface area contributed by atoms with Gasteiger partial charge in [0.25, 0.3) is 0 Å². The van der Waals surface area contributed by atoms with E-state index in [1.54, 1.807) is 32.9 Å². The predicted octanol–water partition coefficient (Wildman–Crippen LogP) is 5.28. The number of nitrogens with zero attached hydrogens (tertiary/aromatic N) is 2. The van der Waals surface area contributed by atoms with E-state index in [0.29, 0.717) is 28.9 Å². The lowest BCUT2D eigenvalue weighted by molar-refractivity contribution is 0.0583. The summed E-state index contributed by atoms with van der Waals surface area (Å²) in [6.07, 6.45) is -0.583. The number of halogens is 1. The zero-order valence-corrected chi connectivity index (χ0v) is 22.5. The molecular weight excluding hydrogens is 506 g/mol. The molecule has 1 amide bonds. The Hall–Kier alpha value is -1.31. The summed E-state index contributed by atoms with van der Waals surface area (Å²) in [6.45, 7) is 20.8. The quantitative estimate of drug-likeness (QED) is 0.281. The highest BCUT2D eigenvalue weighted by atomic mass is 127. The molecular formula is C22H32BIN2O3Si. The fourth-order valence-corrected chi connectivity index (χ4v) is 3.97. The van der Waals surface area contributed by atoms with Crippen molar-refractivity contribution >= 4 is 56.0 Å². The van der Waals surface area contributed by atoms with E-state index in [0.717, 1.165) is 3.57 Å². The second-order valence-corrected chi connectivity index (χ2v) is 15.9. The number of carbonyl (C=O) groups excluding carboxylic acids is 1. The average molecular weight is 538 g/mol. The SMILES string of the molecule is [B]c1cc(I)cc(C#N)c1N(CC(=C)CO[Si](C)(C)C(C)(C)C)C(=O)OC(C)(C)C. The highest BCUT2D eigenvalue weighted by molar-refractivity contribution is 14.1. The molecule has 5 nitrogen and oxygen atoms in total. The number of ether oxygens (including phenoxy) is 1. The lowest BCUT2D eigenvalue weighted by Crippen LogP contribution is -2.43. The van der Waals surface area contributed by atoms with Gasteiger partial charge in [-0.3, -0.25) is 4.90 Å². The largest absolute Gasteiger partial charge is 0.443 e. The van der Waals surface area contributed by atoms with Crippen molar-refractivity contribution in [3.05, 3.63) is 33.4 Å². The van der Waals surface area contributed by atoms with E-state index in [-0.39, 0.29) is 11.6 Å². The van der Waals surface area contributed by atoms with Gasteiger partial charge in [-0.1, -0.05) is 38.9 Å². The Labute approximate surface area is 197 Å². The van der Waals surface area contributed by atoms with Gasteiger partial charge in [0.1, 0.15) is 19.5 Å². The number of rotatable bonds is 6. The Morgan fingerprint density at radius 3 is 2.30 bits per heavy atom. The van der Waals surface area contributed by atoms with Crippen LogP contribution >= 0.6 is 22.6 Å². The van der Waals surface area contributed by atoms with E-state index >= 15 is 0 Å². The molecule has 1 aromatic rings. The van der Waals surface area contributed by atoms with Gasteiger partial charge in [-0.2, -0.15) is 5.26 Å². The van der Waals surface area contributed by atoms with E-state index in [9.17, 15) is 10.1 Å². The fourth-order valence-electron chi connectivity index (χ4n) is 2.33. The second kappa shape index (κ2) is 9.88. The maximum Gasteiger partial charge on any atom is 0.415 e. The van der Waals surface area contributed by atoms with E-state index in [2.05, 4.69) is 69.1 Å². The maximum atomic E-state index is 13.0. The summed E-state index contributed by atoms with van der Waals surface area (Å²) in [4.78, 5) is 14.4. The molecule has 30 heavy (non-hydrogen) atoms. The highest BCUT2D eigenvalue weighted by Gasteiger charge is 2.37. The van der Waals surface area contributed by atoms with Gasteiger partial charge in [0.15, 0.2) is 8.32 Å². The molecule has 0 aromatic heterocycles. The summed E-state index contributed by atoms with van der Waals surface area (Å²) < 4.78 is 12.6.